The molecule has 0 atom stereocenters. The van der Waals surface area contributed by atoms with Gasteiger partial charge < -0.3 is 10.2 Å². The molecule has 1 saturated carbocycles. The Morgan fingerprint density at radius 2 is 2.08 bits per heavy atom. The van der Waals surface area contributed by atoms with Crippen LogP contribution in [0.5, 0.6) is 0 Å². The summed E-state index contributed by atoms with van der Waals surface area (Å²) >= 11 is 0. The lowest BCUT2D eigenvalue weighted by atomic mass is 9.65. The second-order valence-corrected chi connectivity index (χ2v) is 12.8. The molecule has 1 saturated heterocycles. The first-order chi connectivity index (χ1) is 18.6. The second-order valence-electron chi connectivity index (χ2n) is 10.8. The molecule has 1 aliphatic carbocycles. The van der Waals surface area contributed by atoms with Gasteiger partial charge >= 0.3 is 0 Å². The van der Waals surface area contributed by atoms with Gasteiger partial charge in [0, 0.05) is 75.6 Å². The number of nitrogens with zero attached hydrogens (tertiary/aromatic N) is 5. The first-order valence-corrected chi connectivity index (χ1v) is 15.2. The highest BCUT2D eigenvalue weighted by atomic mass is 32.2. The minimum Gasteiger partial charge on any atom is -0.383 e. The van der Waals surface area contributed by atoms with E-state index < -0.39 is 10.0 Å². The highest BCUT2D eigenvalue weighted by molar-refractivity contribution is 7.88. The van der Waals surface area contributed by atoms with Crippen molar-refractivity contribution in [2.45, 2.75) is 38.6 Å². The topological polar surface area (TPSA) is 90.8 Å². The SMILES string of the molecule is C=C/C(=C\N(C)C)c1cccc(-c2ncc(C(/C=N\C)=C/CC)c(NC3CC4(CCN(S(C)(=O)=O)C4)C3)n2)c1. The first kappa shape index (κ1) is 28.7. The zero-order chi connectivity index (χ0) is 28.2. The molecule has 0 bridgehead atoms. The number of benzene rings is 1. The van der Waals surface area contributed by atoms with Crippen LogP contribution in [0, 0.1) is 5.41 Å². The Labute approximate surface area is 233 Å². The van der Waals surface area contributed by atoms with E-state index in [2.05, 4.69) is 42.0 Å². The van der Waals surface area contributed by atoms with E-state index in [-0.39, 0.29) is 11.5 Å². The molecule has 9 heteroatoms. The van der Waals surface area contributed by atoms with Gasteiger partial charge in [-0.1, -0.05) is 43.9 Å². The Morgan fingerprint density at radius 1 is 1.31 bits per heavy atom. The minimum atomic E-state index is -3.15. The first-order valence-electron chi connectivity index (χ1n) is 13.4. The molecule has 1 N–H and O–H groups in total. The van der Waals surface area contributed by atoms with Crippen molar-refractivity contribution in [3.63, 3.8) is 0 Å². The number of aliphatic imine (C=N–C) groups is 1. The van der Waals surface area contributed by atoms with Gasteiger partial charge in [0.05, 0.1) is 6.26 Å². The number of allylic oxidation sites excluding steroid dienone is 4. The molecule has 4 rings (SSSR count). The second kappa shape index (κ2) is 11.8. The quantitative estimate of drug-likeness (QED) is 0.334. The van der Waals surface area contributed by atoms with E-state index in [0.29, 0.717) is 18.9 Å². The van der Waals surface area contributed by atoms with Crippen molar-refractivity contribution in [1.82, 2.24) is 19.2 Å². The Balaban J connectivity index is 1.65. The summed E-state index contributed by atoms with van der Waals surface area (Å²) in [5.74, 6) is 1.41. The summed E-state index contributed by atoms with van der Waals surface area (Å²) in [5.41, 5.74) is 4.92. The van der Waals surface area contributed by atoms with Crippen LogP contribution < -0.4 is 5.32 Å². The van der Waals surface area contributed by atoms with Gasteiger partial charge in [0.2, 0.25) is 10.0 Å². The fourth-order valence-electron chi connectivity index (χ4n) is 5.59. The van der Waals surface area contributed by atoms with E-state index in [9.17, 15) is 8.42 Å². The molecule has 0 radical (unpaired) electrons. The molecule has 39 heavy (non-hydrogen) atoms. The van der Waals surface area contributed by atoms with Crippen molar-refractivity contribution in [2.75, 3.05) is 45.8 Å². The molecule has 2 fully saturated rings. The zero-order valence-electron chi connectivity index (χ0n) is 23.7. The molecule has 0 amide bonds. The van der Waals surface area contributed by atoms with Crippen molar-refractivity contribution in [2.24, 2.45) is 10.4 Å². The highest BCUT2D eigenvalue weighted by Gasteiger charge is 2.50. The summed E-state index contributed by atoms with van der Waals surface area (Å²) in [6.45, 7) is 7.29. The highest BCUT2D eigenvalue weighted by Crippen LogP contribution is 2.49. The number of anilines is 1. The van der Waals surface area contributed by atoms with E-state index in [1.807, 2.05) is 55.8 Å². The number of nitrogens with one attached hydrogen (secondary N) is 1. The lowest BCUT2D eigenvalue weighted by molar-refractivity contribution is 0.133. The summed E-state index contributed by atoms with van der Waals surface area (Å²) in [6, 6.07) is 8.39. The summed E-state index contributed by atoms with van der Waals surface area (Å²) in [4.78, 5) is 16.0. The number of hydrogen-bond acceptors (Lipinski definition) is 7. The van der Waals surface area contributed by atoms with Crippen LogP contribution in [-0.4, -0.2) is 80.3 Å². The van der Waals surface area contributed by atoms with Gasteiger partial charge in [-0.3, -0.25) is 4.99 Å². The van der Waals surface area contributed by atoms with Crippen molar-refractivity contribution in [3.05, 3.63) is 66.5 Å². The van der Waals surface area contributed by atoms with Crippen molar-refractivity contribution >= 4 is 33.2 Å². The third-order valence-corrected chi connectivity index (χ3v) is 8.68. The van der Waals surface area contributed by atoms with Crippen LogP contribution in [0.1, 0.15) is 43.7 Å². The Morgan fingerprint density at radius 3 is 2.69 bits per heavy atom. The largest absolute Gasteiger partial charge is 0.383 e. The van der Waals surface area contributed by atoms with Crippen molar-refractivity contribution in [1.29, 1.82) is 0 Å². The molecule has 2 aromatic rings. The van der Waals surface area contributed by atoms with Gasteiger partial charge in [0.25, 0.3) is 0 Å². The summed E-state index contributed by atoms with van der Waals surface area (Å²) in [7, 11) is 2.59. The number of rotatable bonds is 10. The molecular formula is C30H40N6O2S. The van der Waals surface area contributed by atoms with Crippen molar-refractivity contribution in [3.8, 4) is 11.4 Å². The van der Waals surface area contributed by atoms with Gasteiger partial charge in [-0.25, -0.2) is 22.7 Å². The Kier molecular flexibility index (Phi) is 8.71. The summed E-state index contributed by atoms with van der Waals surface area (Å²) in [6.07, 6.45) is 14.6. The van der Waals surface area contributed by atoms with Crippen molar-refractivity contribution < 1.29 is 8.42 Å². The van der Waals surface area contributed by atoms with E-state index in [4.69, 9.17) is 9.97 Å². The molecule has 1 spiro atoms. The summed E-state index contributed by atoms with van der Waals surface area (Å²) < 4.78 is 25.7. The Bertz CT molecular complexity index is 1400. The normalized spacial score (nSPS) is 22.3. The maximum Gasteiger partial charge on any atom is 0.211 e. The third-order valence-electron chi connectivity index (χ3n) is 7.44. The van der Waals surface area contributed by atoms with Gasteiger partial charge in [0.1, 0.15) is 5.82 Å². The molecule has 8 nitrogen and oxygen atoms in total. The van der Waals surface area contributed by atoms with Crippen LogP contribution in [0.4, 0.5) is 5.82 Å². The van der Waals surface area contributed by atoms with Gasteiger partial charge in [-0.2, -0.15) is 0 Å². The standard InChI is InChI=1S/C30H40N6O2S/c1-7-10-25(18-31-3)27-19-32-28(24-12-9-11-23(15-24)22(8-2)20-35(4)5)34-29(27)33-26-16-30(17-26)13-14-36(21-30)39(6,37)38/h8-12,15,18-20,26H,2,7,13-14,16-17,21H2,1,3-6H3,(H,32,33,34)/b22-20+,25-10+,31-18-. The molecule has 2 aliphatic rings. The van der Waals surface area contributed by atoms with E-state index in [1.165, 1.54) is 6.26 Å². The van der Waals surface area contributed by atoms with E-state index in [1.54, 1.807) is 11.4 Å². The molecule has 0 unspecified atom stereocenters. The predicted octanol–water partition coefficient (Wildman–Crippen LogP) is 4.95. The van der Waals surface area contributed by atoms with Gasteiger partial charge in [-0.05, 0) is 48.3 Å². The fourth-order valence-corrected chi connectivity index (χ4v) is 6.52. The van der Waals surface area contributed by atoms with Crippen LogP contribution in [0.2, 0.25) is 0 Å². The average Bonchev–Trinajstić information content (AvgIpc) is 3.33. The molecule has 1 aliphatic heterocycles. The fraction of sp³-hybridized carbons (Fsp3) is 0.433. The van der Waals surface area contributed by atoms with Crippen LogP contribution >= 0.6 is 0 Å². The molecule has 2 heterocycles. The average molecular weight is 549 g/mol. The van der Waals surface area contributed by atoms with Crippen LogP contribution in [0.3, 0.4) is 0 Å². The van der Waals surface area contributed by atoms with Crippen LogP contribution in [0.15, 0.2) is 60.4 Å². The lowest BCUT2D eigenvalue weighted by Gasteiger charge is -2.45. The van der Waals surface area contributed by atoms with Gasteiger partial charge in [-0.15, -0.1) is 0 Å². The lowest BCUT2D eigenvalue weighted by Crippen LogP contribution is -2.47. The predicted molar refractivity (Wildman–Crippen MR) is 162 cm³/mol. The molecule has 1 aromatic carbocycles. The smallest absolute Gasteiger partial charge is 0.211 e. The number of hydrogen-bond donors (Lipinski definition) is 1. The third kappa shape index (κ3) is 6.65. The van der Waals surface area contributed by atoms with E-state index >= 15 is 0 Å². The minimum absolute atomic E-state index is 0.0535. The molecular weight excluding hydrogens is 508 g/mol. The summed E-state index contributed by atoms with van der Waals surface area (Å²) in [5, 5.41) is 3.68. The van der Waals surface area contributed by atoms with Crippen LogP contribution in [-0.2, 0) is 10.0 Å². The Hall–Kier alpha value is -3.30. The number of aromatic nitrogens is 2. The van der Waals surface area contributed by atoms with Gasteiger partial charge in [0.15, 0.2) is 5.82 Å². The van der Waals surface area contributed by atoms with E-state index in [0.717, 1.165) is 59.3 Å². The van der Waals surface area contributed by atoms with Crippen LogP contribution in [0.25, 0.3) is 22.5 Å². The molecule has 208 valence electrons. The maximum atomic E-state index is 12.0. The monoisotopic (exact) mass is 548 g/mol. The number of sulfonamides is 1. The zero-order valence-corrected chi connectivity index (χ0v) is 24.5. The maximum absolute atomic E-state index is 12.0. The molecule has 1 aromatic heterocycles.